The normalized spacial score (nSPS) is 26.4. The van der Waals surface area contributed by atoms with E-state index >= 15 is 4.39 Å². The summed E-state index contributed by atoms with van der Waals surface area (Å²) in [6.07, 6.45) is 2.63. The number of carbonyl (C=O) groups excluding carboxylic acids is 2. The van der Waals surface area contributed by atoms with Crippen LogP contribution in [0.15, 0.2) is 54.6 Å². The second kappa shape index (κ2) is 8.87. The lowest BCUT2D eigenvalue weighted by atomic mass is 9.71. The average molecular weight is 589 g/mol. The number of ketones is 1. The molecule has 208 valence electrons. The molecule has 3 aliphatic heterocycles. The van der Waals surface area contributed by atoms with Gasteiger partial charge in [0.25, 0.3) is 0 Å². The molecule has 4 heterocycles. The molecule has 1 aromatic heterocycles. The highest BCUT2D eigenvalue weighted by molar-refractivity contribution is 6.31. The largest absolute Gasteiger partial charge is 0.326 e. The zero-order valence-corrected chi connectivity index (χ0v) is 23.8. The van der Waals surface area contributed by atoms with Gasteiger partial charge in [0.15, 0.2) is 5.78 Å². The predicted octanol–water partition coefficient (Wildman–Crippen LogP) is 6.90. The van der Waals surface area contributed by atoms with E-state index in [4.69, 9.17) is 28.2 Å². The van der Waals surface area contributed by atoms with Gasteiger partial charge in [-0.3, -0.25) is 14.5 Å². The van der Waals surface area contributed by atoms with Crippen molar-refractivity contribution in [3.05, 3.63) is 93.0 Å². The van der Waals surface area contributed by atoms with Crippen LogP contribution in [0.2, 0.25) is 10.0 Å². The summed E-state index contributed by atoms with van der Waals surface area (Å²) in [7, 11) is 0. The van der Waals surface area contributed by atoms with E-state index < -0.39 is 17.3 Å². The number of halogens is 3. The van der Waals surface area contributed by atoms with Crippen molar-refractivity contribution < 1.29 is 14.0 Å². The highest BCUT2D eigenvalue weighted by Crippen LogP contribution is 2.65. The first kappa shape index (κ1) is 25.5. The fourth-order valence-electron chi connectivity index (χ4n) is 7.73. The lowest BCUT2D eigenvalue weighted by Gasteiger charge is -2.40. The maximum Gasteiger partial charge on any atom is 0.250 e. The summed E-state index contributed by atoms with van der Waals surface area (Å²) in [6.45, 7) is 3.19. The van der Waals surface area contributed by atoms with Gasteiger partial charge < -0.3 is 9.88 Å². The quantitative estimate of drug-likeness (QED) is 0.257. The van der Waals surface area contributed by atoms with Crippen molar-refractivity contribution >= 4 is 51.6 Å². The molecule has 6 nitrogen and oxygen atoms in total. The molecule has 1 N–H and O–H groups in total. The fraction of sp³-hybridized carbons (Fsp3) is 0.344. The molecule has 1 saturated heterocycles. The Labute approximate surface area is 246 Å². The number of hydrogen-bond donors (Lipinski definition) is 1. The molecule has 0 radical (unpaired) electrons. The second-order valence-corrected chi connectivity index (χ2v) is 12.6. The van der Waals surface area contributed by atoms with Crippen molar-refractivity contribution in [3.63, 3.8) is 0 Å². The minimum absolute atomic E-state index is 0.0267. The van der Waals surface area contributed by atoms with Crippen LogP contribution in [-0.4, -0.2) is 38.7 Å². The summed E-state index contributed by atoms with van der Waals surface area (Å²) in [6, 6.07) is 16.1. The van der Waals surface area contributed by atoms with Crippen LogP contribution in [0, 0.1) is 11.7 Å². The molecular formula is C32H27Cl2FN4O2. The summed E-state index contributed by atoms with van der Waals surface area (Å²) in [5, 5.41) is 3.66. The number of amides is 1. The van der Waals surface area contributed by atoms with Gasteiger partial charge in [0, 0.05) is 59.2 Å². The highest BCUT2D eigenvalue weighted by atomic mass is 35.5. The first-order chi connectivity index (χ1) is 19.8. The van der Waals surface area contributed by atoms with E-state index in [1.807, 2.05) is 31.2 Å². The van der Waals surface area contributed by atoms with Crippen LogP contribution in [0.25, 0.3) is 11.0 Å². The van der Waals surface area contributed by atoms with E-state index in [0.29, 0.717) is 40.7 Å². The number of aromatic nitrogens is 2. The fourth-order valence-corrected chi connectivity index (χ4v) is 8.09. The lowest BCUT2D eigenvalue weighted by Crippen LogP contribution is -2.53. The average Bonchev–Trinajstić information content (AvgIpc) is 3.41. The molecule has 3 aromatic carbocycles. The number of benzene rings is 3. The number of anilines is 1. The lowest BCUT2D eigenvalue weighted by molar-refractivity contribution is -0.128. The Bertz CT molecular complexity index is 1800. The van der Waals surface area contributed by atoms with Gasteiger partial charge in [-0.1, -0.05) is 48.3 Å². The number of likely N-dealkylation sites (tertiary alicyclic amines) is 1. The van der Waals surface area contributed by atoms with E-state index in [9.17, 15) is 9.59 Å². The summed E-state index contributed by atoms with van der Waals surface area (Å²) >= 11 is 12.8. The van der Waals surface area contributed by atoms with E-state index in [1.54, 1.807) is 30.3 Å². The minimum atomic E-state index is -1.16. The Kier molecular flexibility index (Phi) is 5.51. The van der Waals surface area contributed by atoms with Crippen LogP contribution in [0.4, 0.5) is 10.1 Å². The SMILES string of the molecule is CCC(=O)c1ccc2c(c1)nc1n2C[C@H]2[C@@H]1[C@H](c1cccc(Cl)c1F)[C@]1(C(=O)Nc3cc(Cl)ccc31)N2CC1CC1. The monoisotopic (exact) mass is 588 g/mol. The number of nitrogens with one attached hydrogen (secondary N) is 1. The molecule has 4 atom stereocenters. The molecule has 1 saturated carbocycles. The van der Waals surface area contributed by atoms with Gasteiger partial charge in [-0.2, -0.15) is 0 Å². The van der Waals surface area contributed by atoms with E-state index in [1.165, 1.54) is 0 Å². The molecule has 41 heavy (non-hydrogen) atoms. The number of fused-ring (bicyclic) bond motifs is 7. The van der Waals surface area contributed by atoms with E-state index in [-0.39, 0.29) is 28.7 Å². The van der Waals surface area contributed by atoms with Gasteiger partial charge in [0.2, 0.25) is 5.91 Å². The van der Waals surface area contributed by atoms with E-state index in [0.717, 1.165) is 41.8 Å². The Hall–Kier alpha value is -3.26. The van der Waals surface area contributed by atoms with E-state index in [2.05, 4.69) is 14.8 Å². The molecule has 0 unspecified atom stereocenters. The molecule has 8 rings (SSSR count). The molecule has 1 spiro atoms. The summed E-state index contributed by atoms with van der Waals surface area (Å²) in [5.74, 6) is -0.215. The van der Waals surface area contributed by atoms with Crippen LogP contribution in [0.1, 0.15) is 65.3 Å². The standard InChI is InChI=1S/C32H27Cl2FN4O2/c1-2-26(40)17-8-11-24-23(12-17)36-30-27-25(15-38(24)30)39(14-16-6-7-16)32(28(27)19-4-3-5-21(34)29(19)35)20-10-9-18(33)13-22(20)37-31(32)41/h3-5,8-13,16,25,27-28H,2,6-7,14-15H2,1H3,(H,37,41)/t25-,27+,28-,32+/m0/s1. The molecule has 1 amide bonds. The minimum Gasteiger partial charge on any atom is -0.326 e. The summed E-state index contributed by atoms with van der Waals surface area (Å²) in [4.78, 5) is 34.3. The van der Waals surface area contributed by atoms with Gasteiger partial charge in [-0.05, 0) is 60.7 Å². The highest BCUT2D eigenvalue weighted by Gasteiger charge is 2.69. The molecule has 2 fully saturated rings. The number of rotatable bonds is 5. The number of imidazole rings is 1. The van der Waals surface area contributed by atoms with Gasteiger partial charge in [-0.25, -0.2) is 9.37 Å². The van der Waals surface area contributed by atoms with Gasteiger partial charge in [-0.15, -0.1) is 0 Å². The third-order valence-corrected chi connectivity index (χ3v) is 10.1. The predicted molar refractivity (Wildman–Crippen MR) is 156 cm³/mol. The number of carbonyl (C=O) groups is 2. The van der Waals surface area contributed by atoms with Gasteiger partial charge in [0.05, 0.1) is 16.1 Å². The second-order valence-electron chi connectivity index (χ2n) is 11.8. The molecule has 1 aliphatic carbocycles. The number of nitrogens with zero attached hydrogens (tertiary/aromatic N) is 3. The van der Waals surface area contributed by atoms with Crippen LogP contribution < -0.4 is 5.32 Å². The van der Waals surface area contributed by atoms with Crippen molar-refractivity contribution in [1.29, 1.82) is 0 Å². The van der Waals surface area contributed by atoms with Gasteiger partial charge in [0.1, 0.15) is 17.2 Å². The Morgan fingerprint density at radius 2 is 1.98 bits per heavy atom. The smallest absolute Gasteiger partial charge is 0.250 e. The zero-order valence-electron chi connectivity index (χ0n) is 22.3. The molecule has 0 bridgehead atoms. The molecule has 9 heteroatoms. The van der Waals surface area contributed by atoms with Crippen molar-refractivity contribution in [2.45, 2.75) is 56.1 Å². The first-order valence-corrected chi connectivity index (χ1v) is 14.9. The number of Topliss-reactive ketones (excluding diaryl/α,β-unsaturated/α-hetero) is 1. The summed E-state index contributed by atoms with van der Waals surface area (Å²) < 4.78 is 18.3. The zero-order chi connectivity index (χ0) is 28.2. The topological polar surface area (TPSA) is 67.2 Å². The number of hydrogen-bond acceptors (Lipinski definition) is 4. The Morgan fingerprint density at radius 3 is 2.76 bits per heavy atom. The van der Waals surface area contributed by atoms with Crippen LogP contribution >= 0.6 is 23.2 Å². The maximum absolute atomic E-state index is 16.1. The molecule has 4 aliphatic rings. The van der Waals surface area contributed by atoms with Crippen LogP contribution in [0.5, 0.6) is 0 Å². The molecule has 4 aromatic rings. The van der Waals surface area contributed by atoms with Gasteiger partial charge >= 0.3 is 0 Å². The third-order valence-electron chi connectivity index (χ3n) is 9.62. The Balaban J connectivity index is 1.40. The summed E-state index contributed by atoms with van der Waals surface area (Å²) in [5.41, 5.74) is 3.03. The first-order valence-electron chi connectivity index (χ1n) is 14.2. The van der Waals surface area contributed by atoms with Crippen molar-refractivity contribution in [2.24, 2.45) is 5.92 Å². The van der Waals surface area contributed by atoms with Crippen molar-refractivity contribution in [2.75, 3.05) is 11.9 Å². The van der Waals surface area contributed by atoms with Crippen molar-refractivity contribution in [3.8, 4) is 0 Å². The maximum atomic E-state index is 16.1. The third kappa shape index (κ3) is 3.43. The van der Waals surface area contributed by atoms with Crippen LogP contribution in [0.3, 0.4) is 0 Å². The molecular weight excluding hydrogens is 562 g/mol. The Morgan fingerprint density at radius 1 is 1.15 bits per heavy atom. The van der Waals surface area contributed by atoms with Crippen molar-refractivity contribution in [1.82, 2.24) is 14.5 Å². The van der Waals surface area contributed by atoms with Crippen LogP contribution in [-0.2, 0) is 16.9 Å².